The van der Waals surface area contributed by atoms with Crippen LogP contribution in [0.5, 0.6) is 11.5 Å². The quantitative estimate of drug-likeness (QED) is 0.537. The minimum absolute atomic E-state index is 0.0184. The molecule has 2 aromatic rings. The number of rotatable bonds is 2. The summed E-state index contributed by atoms with van der Waals surface area (Å²) in [5.41, 5.74) is -0.262. The Morgan fingerprint density at radius 3 is 2.68 bits per heavy atom. The number of aromatic hydroxyl groups is 2. The van der Waals surface area contributed by atoms with Gasteiger partial charge in [-0.05, 0) is 18.2 Å². The maximum absolute atomic E-state index is 11.9. The second kappa shape index (κ2) is 4.81. The van der Waals surface area contributed by atoms with Crippen LogP contribution in [0.2, 0.25) is 0 Å². The summed E-state index contributed by atoms with van der Waals surface area (Å²) in [7, 11) is 1.42. The number of aromatic nitrogens is 2. The molecule has 1 amide bonds. The molecule has 0 atom stereocenters. The minimum Gasteiger partial charge on any atom is -0.508 e. The highest BCUT2D eigenvalue weighted by atomic mass is 16.3. The lowest BCUT2D eigenvalue weighted by atomic mass is 10.2. The Kier molecular flexibility index (Phi) is 3.19. The summed E-state index contributed by atoms with van der Waals surface area (Å²) < 4.78 is 1.03. The summed E-state index contributed by atoms with van der Waals surface area (Å²) in [6, 6.07) is 6.23. The first-order chi connectivity index (χ1) is 8.97. The van der Waals surface area contributed by atoms with Gasteiger partial charge in [0.15, 0.2) is 0 Å². The molecule has 2 rings (SSSR count). The van der Waals surface area contributed by atoms with E-state index in [0.29, 0.717) is 0 Å². The molecule has 0 radical (unpaired) electrons. The molecule has 7 heteroatoms. The van der Waals surface area contributed by atoms with Crippen LogP contribution in [0, 0.1) is 0 Å². The number of hydrogen-bond donors (Lipinski definition) is 3. The molecule has 19 heavy (non-hydrogen) atoms. The number of nitrogens with one attached hydrogen (secondary N) is 1. The first-order valence-corrected chi connectivity index (χ1v) is 5.35. The number of hydrogen-bond acceptors (Lipinski definition) is 5. The van der Waals surface area contributed by atoms with Crippen LogP contribution in [-0.4, -0.2) is 25.9 Å². The van der Waals surface area contributed by atoms with E-state index in [1.54, 1.807) is 0 Å². The lowest BCUT2D eigenvalue weighted by Crippen LogP contribution is -2.23. The second-order valence-electron chi connectivity index (χ2n) is 3.84. The van der Waals surface area contributed by atoms with E-state index in [4.69, 9.17) is 0 Å². The molecule has 0 aliphatic rings. The molecule has 7 nitrogen and oxygen atoms in total. The standard InChI is InChI=1S/C12H11N3O4/c1-15-11(18)5-3-8(14-15)12(19)13-9-6-7(16)2-4-10(9)17/h2-6,16-17H,1H3,(H,13,19). The summed E-state index contributed by atoms with van der Waals surface area (Å²) >= 11 is 0. The highest BCUT2D eigenvalue weighted by molar-refractivity contribution is 6.03. The van der Waals surface area contributed by atoms with Crippen LogP contribution in [0.25, 0.3) is 0 Å². The fourth-order valence-electron chi connectivity index (χ4n) is 1.43. The second-order valence-corrected chi connectivity index (χ2v) is 3.84. The van der Waals surface area contributed by atoms with Gasteiger partial charge in [-0.3, -0.25) is 9.59 Å². The Balaban J connectivity index is 2.28. The molecule has 0 fully saturated rings. The van der Waals surface area contributed by atoms with Gasteiger partial charge in [-0.15, -0.1) is 0 Å². The third-order valence-corrected chi connectivity index (χ3v) is 2.42. The third-order valence-electron chi connectivity index (χ3n) is 2.42. The summed E-state index contributed by atoms with van der Waals surface area (Å²) in [6.07, 6.45) is 0. The number of aryl methyl sites for hydroxylation is 1. The zero-order valence-electron chi connectivity index (χ0n) is 9.99. The molecular formula is C12H11N3O4. The van der Waals surface area contributed by atoms with Gasteiger partial charge in [-0.1, -0.05) is 0 Å². The van der Waals surface area contributed by atoms with E-state index in [1.807, 2.05) is 0 Å². The van der Waals surface area contributed by atoms with Crippen molar-refractivity contribution < 1.29 is 15.0 Å². The number of phenols is 2. The van der Waals surface area contributed by atoms with Gasteiger partial charge in [0.25, 0.3) is 11.5 Å². The van der Waals surface area contributed by atoms with Crippen LogP contribution in [0.3, 0.4) is 0 Å². The molecule has 0 spiro atoms. The maximum Gasteiger partial charge on any atom is 0.276 e. The van der Waals surface area contributed by atoms with Crippen molar-refractivity contribution in [2.24, 2.45) is 7.05 Å². The van der Waals surface area contributed by atoms with Crippen molar-refractivity contribution in [2.75, 3.05) is 5.32 Å². The fourth-order valence-corrected chi connectivity index (χ4v) is 1.43. The average Bonchev–Trinajstić information content (AvgIpc) is 2.37. The first kappa shape index (κ1) is 12.6. The summed E-state index contributed by atoms with van der Waals surface area (Å²) in [6.45, 7) is 0. The summed E-state index contributed by atoms with van der Waals surface area (Å²) in [5.74, 6) is -0.881. The zero-order chi connectivity index (χ0) is 14.0. The van der Waals surface area contributed by atoms with Crippen LogP contribution >= 0.6 is 0 Å². The molecule has 0 aliphatic carbocycles. The van der Waals surface area contributed by atoms with Crippen molar-refractivity contribution in [1.82, 2.24) is 9.78 Å². The van der Waals surface area contributed by atoms with E-state index in [2.05, 4.69) is 10.4 Å². The van der Waals surface area contributed by atoms with Gasteiger partial charge in [0.2, 0.25) is 0 Å². The van der Waals surface area contributed by atoms with Gasteiger partial charge >= 0.3 is 0 Å². The number of carbonyl (C=O) groups excluding carboxylic acids is 1. The molecule has 1 aromatic heterocycles. The van der Waals surface area contributed by atoms with Gasteiger partial charge in [0.05, 0.1) is 5.69 Å². The van der Waals surface area contributed by atoms with Crippen molar-refractivity contribution >= 4 is 11.6 Å². The number of amides is 1. The third kappa shape index (κ3) is 2.71. The zero-order valence-corrected chi connectivity index (χ0v) is 9.99. The smallest absolute Gasteiger partial charge is 0.276 e. The van der Waals surface area contributed by atoms with E-state index in [0.717, 1.165) is 4.68 Å². The van der Waals surface area contributed by atoms with E-state index >= 15 is 0 Å². The predicted octanol–water partition coefficient (Wildman–Crippen LogP) is 0.444. The number of phenolic OH excluding ortho intramolecular Hbond substituents is 2. The Hall–Kier alpha value is -2.83. The monoisotopic (exact) mass is 261 g/mol. The molecular weight excluding hydrogens is 250 g/mol. The van der Waals surface area contributed by atoms with Crippen LogP contribution in [0.1, 0.15) is 10.5 Å². The maximum atomic E-state index is 11.9. The number of benzene rings is 1. The van der Waals surface area contributed by atoms with Crippen molar-refractivity contribution in [3.63, 3.8) is 0 Å². The Morgan fingerprint density at radius 2 is 2.00 bits per heavy atom. The SMILES string of the molecule is Cn1nc(C(=O)Nc2cc(O)ccc2O)ccc1=O. The van der Waals surface area contributed by atoms with E-state index < -0.39 is 5.91 Å². The number of anilines is 1. The van der Waals surface area contributed by atoms with Gasteiger partial charge in [-0.25, -0.2) is 4.68 Å². The Labute approximate surface area is 107 Å². The number of carbonyl (C=O) groups is 1. The fraction of sp³-hybridized carbons (Fsp3) is 0.0833. The van der Waals surface area contributed by atoms with E-state index in [9.17, 15) is 19.8 Å². The van der Waals surface area contributed by atoms with Crippen LogP contribution in [0.15, 0.2) is 35.1 Å². The molecule has 1 heterocycles. The Morgan fingerprint density at radius 1 is 1.26 bits per heavy atom. The molecule has 1 aromatic carbocycles. The Bertz CT molecular complexity index is 694. The highest BCUT2D eigenvalue weighted by Crippen LogP contribution is 2.27. The molecule has 3 N–H and O–H groups in total. The minimum atomic E-state index is -0.600. The lowest BCUT2D eigenvalue weighted by molar-refractivity contribution is 0.101. The van der Waals surface area contributed by atoms with Crippen LogP contribution in [-0.2, 0) is 7.05 Å². The van der Waals surface area contributed by atoms with Crippen molar-refractivity contribution in [3.05, 3.63) is 46.4 Å². The molecule has 0 unspecified atom stereocenters. The van der Waals surface area contributed by atoms with Crippen LogP contribution in [0.4, 0.5) is 5.69 Å². The van der Waals surface area contributed by atoms with E-state index in [-0.39, 0.29) is 28.4 Å². The van der Waals surface area contributed by atoms with Crippen molar-refractivity contribution in [1.29, 1.82) is 0 Å². The predicted molar refractivity (Wildman–Crippen MR) is 67.2 cm³/mol. The molecule has 0 saturated heterocycles. The van der Waals surface area contributed by atoms with Crippen LogP contribution < -0.4 is 10.9 Å². The average molecular weight is 261 g/mol. The van der Waals surface area contributed by atoms with Crippen molar-refractivity contribution in [3.8, 4) is 11.5 Å². The highest BCUT2D eigenvalue weighted by Gasteiger charge is 2.11. The first-order valence-electron chi connectivity index (χ1n) is 5.35. The van der Waals surface area contributed by atoms with Gasteiger partial charge < -0.3 is 15.5 Å². The molecule has 0 aliphatic heterocycles. The van der Waals surface area contributed by atoms with Gasteiger partial charge in [0.1, 0.15) is 17.2 Å². The summed E-state index contributed by atoms with van der Waals surface area (Å²) in [4.78, 5) is 23.0. The van der Waals surface area contributed by atoms with Gasteiger partial charge in [-0.2, -0.15) is 5.10 Å². The van der Waals surface area contributed by atoms with Crippen molar-refractivity contribution in [2.45, 2.75) is 0 Å². The topological polar surface area (TPSA) is 104 Å². The lowest BCUT2D eigenvalue weighted by Gasteiger charge is -2.07. The van der Waals surface area contributed by atoms with E-state index in [1.165, 1.54) is 37.4 Å². The number of nitrogens with zero attached hydrogens (tertiary/aromatic N) is 2. The van der Waals surface area contributed by atoms with Gasteiger partial charge in [0, 0.05) is 19.2 Å². The molecule has 98 valence electrons. The molecule has 0 saturated carbocycles. The summed E-state index contributed by atoms with van der Waals surface area (Å²) in [5, 5.41) is 25.0. The molecule has 0 bridgehead atoms. The largest absolute Gasteiger partial charge is 0.508 e. The normalized spacial score (nSPS) is 10.2.